The minimum absolute atomic E-state index is 0. The zero-order chi connectivity index (χ0) is 13.6. The highest BCUT2D eigenvalue weighted by Gasteiger charge is 2.23. The van der Waals surface area contributed by atoms with E-state index < -0.39 is 0 Å². The molecule has 120 valence electrons. The molecule has 1 heterocycles. The molecule has 2 aromatic rings. The first-order valence-corrected chi connectivity index (χ1v) is 7.52. The fourth-order valence-electron chi connectivity index (χ4n) is 2.93. The third-order valence-corrected chi connectivity index (χ3v) is 4.02. The number of hydrogen-bond donors (Lipinski definition) is 1. The summed E-state index contributed by atoms with van der Waals surface area (Å²) >= 11 is 0. The third-order valence-electron chi connectivity index (χ3n) is 4.02. The van der Waals surface area contributed by atoms with Crippen molar-refractivity contribution in [3.63, 3.8) is 0 Å². The van der Waals surface area contributed by atoms with Crippen LogP contribution in [0.2, 0.25) is 0 Å². The molecule has 1 N–H and O–H groups in total. The van der Waals surface area contributed by atoms with Gasteiger partial charge >= 0.3 is 0 Å². The van der Waals surface area contributed by atoms with E-state index in [9.17, 15) is 0 Å². The first-order chi connectivity index (χ1) is 9.93. The fourth-order valence-corrected chi connectivity index (χ4v) is 2.93. The summed E-state index contributed by atoms with van der Waals surface area (Å²) in [5.74, 6) is 0. The van der Waals surface area contributed by atoms with Crippen molar-refractivity contribution in [1.29, 1.82) is 0 Å². The molecule has 1 saturated heterocycles. The molecule has 1 unspecified atom stereocenters. The molecule has 1 fully saturated rings. The summed E-state index contributed by atoms with van der Waals surface area (Å²) in [6.45, 7) is 2.04. The Kier molecular flexibility index (Phi) is 8.51. The molecule has 2 nitrogen and oxygen atoms in total. The molecule has 0 amide bonds. The number of hydrogen-bond acceptors (Lipinski definition) is 2. The molecular weight excluding hydrogens is 315 g/mol. The number of rotatable bonds is 4. The van der Waals surface area contributed by atoms with Gasteiger partial charge in [-0.1, -0.05) is 67.1 Å². The SMILES string of the molecule is Cl.Cl.c1ccc(CNN2CCCCC2c2ccccc2)cc1. The molecule has 0 radical (unpaired) electrons. The smallest absolute Gasteiger partial charge is 0.0493 e. The molecule has 3 rings (SSSR count). The number of nitrogens with zero attached hydrogens (tertiary/aromatic N) is 1. The summed E-state index contributed by atoms with van der Waals surface area (Å²) in [4.78, 5) is 0. The summed E-state index contributed by atoms with van der Waals surface area (Å²) in [5.41, 5.74) is 6.38. The standard InChI is InChI=1S/C18H22N2.2ClH/c1-3-9-16(10-4-1)15-19-20-14-8-7-13-18(20)17-11-5-2-6-12-17;;/h1-6,9-12,18-19H,7-8,13-15H2;2*1H. The van der Waals surface area contributed by atoms with Crippen LogP contribution in [0.15, 0.2) is 60.7 Å². The zero-order valence-electron chi connectivity index (χ0n) is 12.7. The van der Waals surface area contributed by atoms with Crippen LogP contribution in [0.3, 0.4) is 0 Å². The predicted octanol–water partition coefficient (Wildman–Crippen LogP) is 4.76. The van der Waals surface area contributed by atoms with Gasteiger partial charge in [-0.25, -0.2) is 5.01 Å². The van der Waals surface area contributed by atoms with Crippen molar-refractivity contribution in [3.05, 3.63) is 71.8 Å². The average Bonchev–Trinajstić information content (AvgIpc) is 2.55. The topological polar surface area (TPSA) is 15.3 Å². The van der Waals surface area contributed by atoms with Crippen molar-refractivity contribution in [3.8, 4) is 0 Å². The van der Waals surface area contributed by atoms with E-state index in [4.69, 9.17) is 0 Å². The van der Waals surface area contributed by atoms with E-state index in [1.165, 1.54) is 30.4 Å². The molecule has 1 aliphatic heterocycles. The Bertz CT molecular complexity index is 519. The molecule has 0 aliphatic carbocycles. The number of nitrogens with one attached hydrogen (secondary N) is 1. The predicted molar refractivity (Wildman–Crippen MR) is 97.5 cm³/mol. The van der Waals surface area contributed by atoms with Gasteiger partial charge in [0.1, 0.15) is 0 Å². The maximum absolute atomic E-state index is 3.62. The minimum atomic E-state index is 0. The average molecular weight is 339 g/mol. The van der Waals surface area contributed by atoms with E-state index in [2.05, 4.69) is 71.1 Å². The Balaban J connectivity index is 0.00000121. The van der Waals surface area contributed by atoms with Crippen LogP contribution in [0, 0.1) is 0 Å². The monoisotopic (exact) mass is 338 g/mol. The van der Waals surface area contributed by atoms with Crippen LogP contribution in [0.25, 0.3) is 0 Å². The van der Waals surface area contributed by atoms with E-state index in [0.29, 0.717) is 6.04 Å². The van der Waals surface area contributed by atoms with Gasteiger partial charge in [0.15, 0.2) is 0 Å². The first-order valence-electron chi connectivity index (χ1n) is 7.52. The number of benzene rings is 2. The van der Waals surface area contributed by atoms with Gasteiger partial charge in [-0.05, 0) is 24.0 Å². The van der Waals surface area contributed by atoms with Crippen LogP contribution in [-0.4, -0.2) is 11.6 Å². The molecule has 2 aromatic carbocycles. The zero-order valence-corrected chi connectivity index (χ0v) is 14.3. The van der Waals surface area contributed by atoms with Gasteiger partial charge in [0.25, 0.3) is 0 Å². The summed E-state index contributed by atoms with van der Waals surface area (Å²) in [6, 6.07) is 22.0. The number of hydrazine groups is 1. The van der Waals surface area contributed by atoms with Crippen LogP contribution in [0.4, 0.5) is 0 Å². The lowest BCUT2D eigenvalue weighted by atomic mass is 9.97. The van der Waals surface area contributed by atoms with Crippen molar-refractivity contribution in [1.82, 2.24) is 10.4 Å². The van der Waals surface area contributed by atoms with Gasteiger partial charge in [0.05, 0.1) is 0 Å². The van der Waals surface area contributed by atoms with Gasteiger partial charge in [0, 0.05) is 19.1 Å². The lowest BCUT2D eigenvalue weighted by Gasteiger charge is -2.36. The molecule has 1 atom stereocenters. The van der Waals surface area contributed by atoms with E-state index in [-0.39, 0.29) is 24.8 Å². The van der Waals surface area contributed by atoms with Crippen LogP contribution in [-0.2, 0) is 6.54 Å². The Morgan fingerprint density at radius 1 is 0.864 bits per heavy atom. The van der Waals surface area contributed by atoms with Crippen LogP contribution in [0.1, 0.15) is 36.4 Å². The maximum Gasteiger partial charge on any atom is 0.0493 e. The maximum atomic E-state index is 3.62. The lowest BCUT2D eigenvalue weighted by Crippen LogP contribution is -2.43. The van der Waals surface area contributed by atoms with Crippen LogP contribution >= 0.6 is 24.8 Å². The van der Waals surface area contributed by atoms with E-state index >= 15 is 0 Å². The minimum Gasteiger partial charge on any atom is -0.250 e. The summed E-state index contributed by atoms with van der Waals surface area (Å²) in [5, 5.41) is 2.42. The largest absolute Gasteiger partial charge is 0.250 e. The molecular formula is C18H24Cl2N2. The normalized spacial score (nSPS) is 18.1. The third kappa shape index (κ3) is 4.99. The van der Waals surface area contributed by atoms with Crippen molar-refractivity contribution in [2.24, 2.45) is 0 Å². The highest BCUT2D eigenvalue weighted by molar-refractivity contribution is 5.85. The van der Waals surface area contributed by atoms with Crippen LogP contribution < -0.4 is 5.43 Å². The first kappa shape index (κ1) is 19.0. The Hall–Kier alpha value is -1.06. The van der Waals surface area contributed by atoms with Crippen molar-refractivity contribution >= 4 is 24.8 Å². The molecule has 0 bridgehead atoms. The molecule has 1 aliphatic rings. The van der Waals surface area contributed by atoms with E-state index in [1.54, 1.807) is 0 Å². The molecule has 0 aromatic heterocycles. The van der Waals surface area contributed by atoms with Gasteiger partial charge in [0.2, 0.25) is 0 Å². The lowest BCUT2D eigenvalue weighted by molar-refractivity contribution is 0.0825. The van der Waals surface area contributed by atoms with Crippen molar-refractivity contribution < 1.29 is 0 Å². The fraction of sp³-hybridized carbons (Fsp3) is 0.333. The Labute approximate surface area is 145 Å². The second-order valence-corrected chi connectivity index (χ2v) is 5.44. The highest BCUT2D eigenvalue weighted by atomic mass is 35.5. The second-order valence-electron chi connectivity index (χ2n) is 5.44. The van der Waals surface area contributed by atoms with Gasteiger partial charge in [-0.3, -0.25) is 5.43 Å². The Morgan fingerprint density at radius 3 is 2.18 bits per heavy atom. The number of piperidine rings is 1. The van der Waals surface area contributed by atoms with Crippen molar-refractivity contribution in [2.75, 3.05) is 6.54 Å². The molecule has 22 heavy (non-hydrogen) atoms. The molecule has 0 spiro atoms. The second kappa shape index (κ2) is 9.86. The van der Waals surface area contributed by atoms with Gasteiger partial charge in [-0.2, -0.15) is 0 Å². The van der Waals surface area contributed by atoms with Crippen LogP contribution in [0.5, 0.6) is 0 Å². The van der Waals surface area contributed by atoms with Gasteiger partial charge in [-0.15, -0.1) is 24.8 Å². The molecule has 4 heteroatoms. The highest BCUT2D eigenvalue weighted by Crippen LogP contribution is 2.29. The quantitative estimate of drug-likeness (QED) is 0.864. The molecule has 0 saturated carbocycles. The summed E-state index contributed by atoms with van der Waals surface area (Å²) < 4.78 is 0. The Morgan fingerprint density at radius 2 is 1.50 bits per heavy atom. The summed E-state index contributed by atoms with van der Waals surface area (Å²) in [7, 11) is 0. The van der Waals surface area contributed by atoms with E-state index in [1.807, 2.05) is 0 Å². The van der Waals surface area contributed by atoms with Gasteiger partial charge < -0.3 is 0 Å². The van der Waals surface area contributed by atoms with E-state index in [0.717, 1.165) is 13.1 Å². The van der Waals surface area contributed by atoms with Crippen molar-refractivity contribution in [2.45, 2.75) is 31.8 Å². The summed E-state index contributed by atoms with van der Waals surface area (Å²) in [6.07, 6.45) is 3.85. The number of halogens is 2.